The van der Waals surface area contributed by atoms with Crippen molar-refractivity contribution in [2.75, 3.05) is 11.6 Å². The lowest BCUT2D eigenvalue weighted by Crippen LogP contribution is -2.39. The molecule has 0 saturated heterocycles. The number of hydrogen-bond acceptors (Lipinski definition) is 5. The van der Waals surface area contributed by atoms with Crippen molar-refractivity contribution in [3.8, 4) is 0 Å². The Kier molecular flexibility index (Phi) is 3.32. The monoisotopic (exact) mass is 296 g/mol. The first kappa shape index (κ1) is 13.4. The maximum absolute atomic E-state index is 4.48. The first-order chi connectivity index (χ1) is 10.8. The number of anilines is 1. The summed E-state index contributed by atoms with van der Waals surface area (Å²) in [4.78, 5) is 0. The maximum Gasteiger partial charge on any atom is 0.147 e. The summed E-state index contributed by atoms with van der Waals surface area (Å²) in [7, 11) is 0. The summed E-state index contributed by atoms with van der Waals surface area (Å²) in [5.74, 6) is 1.05. The van der Waals surface area contributed by atoms with E-state index in [1.807, 2.05) is 23.0 Å². The van der Waals surface area contributed by atoms with Gasteiger partial charge in [-0.2, -0.15) is 5.10 Å². The average Bonchev–Trinajstić information content (AvgIpc) is 3.14. The second-order valence-corrected chi connectivity index (χ2v) is 5.82. The van der Waals surface area contributed by atoms with E-state index in [1.165, 1.54) is 17.0 Å². The molecule has 2 aliphatic heterocycles. The molecular formula is C16H20N6. The van der Waals surface area contributed by atoms with Crippen LogP contribution in [0.15, 0.2) is 54.0 Å². The fourth-order valence-electron chi connectivity index (χ4n) is 2.99. The van der Waals surface area contributed by atoms with Crippen LogP contribution in [0.5, 0.6) is 0 Å². The van der Waals surface area contributed by atoms with Gasteiger partial charge in [-0.3, -0.25) is 0 Å². The van der Waals surface area contributed by atoms with Crippen molar-refractivity contribution in [3.05, 3.63) is 59.6 Å². The maximum atomic E-state index is 4.48. The summed E-state index contributed by atoms with van der Waals surface area (Å²) in [5.41, 5.74) is 10.3. The van der Waals surface area contributed by atoms with E-state index in [0.29, 0.717) is 6.04 Å². The number of nitrogens with zero attached hydrogens (tertiary/aromatic N) is 3. The van der Waals surface area contributed by atoms with Crippen molar-refractivity contribution in [3.63, 3.8) is 0 Å². The Labute approximate surface area is 129 Å². The van der Waals surface area contributed by atoms with Crippen molar-refractivity contribution in [2.24, 2.45) is 0 Å². The largest absolute Gasteiger partial charge is 0.308 e. The van der Waals surface area contributed by atoms with Crippen LogP contribution in [0.1, 0.15) is 18.9 Å². The summed E-state index contributed by atoms with van der Waals surface area (Å²) in [6.07, 6.45) is 2.84. The van der Waals surface area contributed by atoms with E-state index >= 15 is 0 Å². The van der Waals surface area contributed by atoms with Crippen LogP contribution in [0.4, 0.5) is 5.82 Å². The van der Waals surface area contributed by atoms with E-state index in [0.717, 1.165) is 25.3 Å². The van der Waals surface area contributed by atoms with E-state index in [1.54, 1.807) is 0 Å². The van der Waals surface area contributed by atoms with Gasteiger partial charge >= 0.3 is 0 Å². The normalized spacial score (nSPS) is 21.0. The summed E-state index contributed by atoms with van der Waals surface area (Å²) < 4.78 is 2.02. The van der Waals surface area contributed by atoms with Gasteiger partial charge in [0.15, 0.2) is 0 Å². The molecule has 114 valence electrons. The molecule has 2 aliphatic rings. The summed E-state index contributed by atoms with van der Waals surface area (Å²) in [6.45, 7) is 3.84. The molecule has 6 heteroatoms. The predicted octanol–water partition coefficient (Wildman–Crippen LogP) is 1.35. The van der Waals surface area contributed by atoms with Crippen LogP contribution in [-0.4, -0.2) is 22.4 Å². The number of nitrogens with one attached hydrogen (secondary N) is 3. The molecule has 1 aromatic carbocycles. The Hall–Kier alpha value is -2.31. The minimum atomic E-state index is 0.480. The van der Waals surface area contributed by atoms with Gasteiger partial charge in [0, 0.05) is 25.1 Å². The van der Waals surface area contributed by atoms with Gasteiger partial charge in [-0.25, -0.2) is 9.69 Å². The summed E-state index contributed by atoms with van der Waals surface area (Å²) in [5, 5.41) is 10.1. The molecule has 0 fully saturated rings. The topological polar surface area (TPSA) is 57.1 Å². The Balaban J connectivity index is 1.62. The number of aromatic nitrogens is 2. The van der Waals surface area contributed by atoms with Crippen LogP contribution in [0.3, 0.4) is 0 Å². The zero-order valence-electron chi connectivity index (χ0n) is 12.6. The molecule has 1 atom stereocenters. The summed E-state index contributed by atoms with van der Waals surface area (Å²) >= 11 is 0. The van der Waals surface area contributed by atoms with Gasteiger partial charge in [-0.05, 0) is 12.5 Å². The Morgan fingerprint density at radius 3 is 2.95 bits per heavy atom. The van der Waals surface area contributed by atoms with Crippen LogP contribution in [0, 0.1) is 0 Å². The molecular weight excluding hydrogens is 276 g/mol. The third kappa shape index (κ3) is 2.36. The Morgan fingerprint density at radius 1 is 1.23 bits per heavy atom. The molecule has 0 amide bonds. The van der Waals surface area contributed by atoms with Gasteiger partial charge in [0.25, 0.3) is 0 Å². The van der Waals surface area contributed by atoms with Gasteiger partial charge in [0.1, 0.15) is 5.82 Å². The first-order valence-electron chi connectivity index (χ1n) is 7.64. The third-order valence-electron chi connectivity index (χ3n) is 4.16. The second-order valence-electron chi connectivity index (χ2n) is 5.82. The zero-order valence-corrected chi connectivity index (χ0v) is 12.6. The fourth-order valence-corrected chi connectivity index (χ4v) is 2.99. The van der Waals surface area contributed by atoms with Crippen molar-refractivity contribution in [1.29, 1.82) is 0 Å². The SMILES string of the molecule is CC1CC2=C(CN1)NNN2c1ccnn1Cc1ccccc1. The number of hydrazine groups is 2. The van der Waals surface area contributed by atoms with E-state index < -0.39 is 0 Å². The van der Waals surface area contributed by atoms with Gasteiger partial charge in [-0.1, -0.05) is 30.3 Å². The molecule has 0 aliphatic carbocycles. The van der Waals surface area contributed by atoms with Crippen molar-refractivity contribution in [1.82, 2.24) is 26.1 Å². The quantitative estimate of drug-likeness (QED) is 0.798. The lowest BCUT2D eigenvalue weighted by Gasteiger charge is -2.26. The van der Waals surface area contributed by atoms with E-state index in [9.17, 15) is 0 Å². The minimum absolute atomic E-state index is 0.480. The molecule has 1 unspecified atom stereocenters. The molecule has 0 spiro atoms. The minimum Gasteiger partial charge on any atom is -0.308 e. The molecule has 3 N–H and O–H groups in total. The van der Waals surface area contributed by atoms with Crippen LogP contribution >= 0.6 is 0 Å². The highest BCUT2D eigenvalue weighted by Gasteiger charge is 2.29. The Bertz CT molecular complexity index is 690. The van der Waals surface area contributed by atoms with Gasteiger partial charge < -0.3 is 10.7 Å². The third-order valence-corrected chi connectivity index (χ3v) is 4.16. The highest BCUT2D eigenvalue weighted by atomic mass is 15.7. The van der Waals surface area contributed by atoms with E-state index in [-0.39, 0.29) is 0 Å². The summed E-state index contributed by atoms with van der Waals surface area (Å²) in [6, 6.07) is 12.9. The zero-order chi connectivity index (χ0) is 14.9. The van der Waals surface area contributed by atoms with Gasteiger partial charge in [0.05, 0.1) is 24.1 Å². The van der Waals surface area contributed by atoms with Crippen LogP contribution in [0.25, 0.3) is 0 Å². The lowest BCUT2D eigenvalue weighted by molar-refractivity contribution is 0.532. The molecule has 1 aromatic heterocycles. The number of benzene rings is 1. The highest BCUT2D eigenvalue weighted by Crippen LogP contribution is 2.27. The fraction of sp³-hybridized carbons (Fsp3) is 0.312. The number of rotatable bonds is 3. The van der Waals surface area contributed by atoms with Crippen molar-refractivity contribution in [2.45, 2.75) is 25.9 Å². The molecule has 2 aromatic rings. The first-order valence-corrected chi connectivity index (χ1v) is 7.64. The van der Waals surface area contributed by atoms with E-state index in [4.69, 9.17) is 0 Å². The standard InChI is InChI=1S/C16H20N6/c1-12-9-15-14(10-17-12)19-20-22(15)16-7-8-18-21(16)11-13-5-3-2-4-6-13/h2-8,12,17,19-20H,9-11H2,1H3. The van der Waals surface area contributed by atoms with Gasteiger partial charge in [-0.15, -0.1) is 5.53 Å². The van der Waals surface area contributed by atoms with Crippen LogP contribution in [-0.2, 0) is 6.54 Å². The molecule has 3 heterocycles. The lowest BCUT2D eigenvalue weighted by atomic mass is 10.1. The molecule has 6 nitrogen and oxygen atoms in total. The average molecular weight is 296 g/mol. The molecule has 0 bridgehead atoms. The predicted molar refractivity (Wildman–Crippen MR) is 85.6 cm³/mol. The van der Waals surface area contributed by atoms with Crippen LogP contribution < -0.4 is 21.3 Å². The van der Waals surface area contributed by atoms with Crippen LogP contribution in [0.2, 0.25) is 0 Å². The van der Waals surface area contributed by atoms with Crippen molar-refractivity contribution >= 4 is 5.82 Å². The highest BCUT2D eigenvalue weighted by molar-refractivity contribution is 5.49. The van der Waals surface area contributed by atoms with Crippen molar-refractivity contribution < 1.29 is 0 Å². The molecule has 22 heavy (non-hydrogen) atoms. The van der Waals surface area contributed by atoms with Gasteiger partial charge in [0.2, 0.25) is 0 Å². The molecule has 4 rings (SSSR count). The number of hydrogen-bond donors (Lipinski definition) is 3. The second kappa shape index (κ2) is 5.47. The van der Waals surface area contributed by atoms with E-state index in [2.05, 4.69) is 57.6 Å². The Morgan fingerprint density at radius 2 is 2.09 bits per heavy atom. The molecule has 0 saturated carbocycles. The molecule has 0 radical (unpaired) electrons. The smallest absolute Gasteiger partial charge is 0.147 e.